The maximum atomic E-state index is 13.8. The lowest BCUT2D eigenvalue weighted by Crippen LogP contribution is -2.50. The van der Waals surface area contributed by atoms with Crippen LogP contribution in [0.4, 0.5) is 9.52 Å². The van der Waals surface area contributed by atoms with Gasteiger partial charge in [0.25, 0.3) is 11.8 Å². The summed E-state index contributed by atoms with van der Waals surface area (Å²) in [7, 11) is 0. The monoisotopic (exact) mass is 445 g/mol. The van der Waals surface area contributed by atoms with Gasteiger partial charge in [0.1, 0.15) is 11.5 Å². The maximum Gasteiger partial charge on any atom is 0.273 e. The summed E-state index contributed by atoms with van der Waals surface area (Å²) in [6, 6.07) is 5.77. The largest absolute Gasteiger partial charge is 0.335 e. The van der Waals surface area contributed by atoms with Gasteiger partial charge in [0.2, 0.25) is 0 Å². The summed E-state index contributed by atoms with van der Waals surface area (Å²) in [4.78, 5) is 36.1. The van der Waals surface area contributed by atoms with Crippen LogP contribution < -0.4 is 5.32 Å². The lowest BCUT2D eigenvalue weighted by molar-refractivity contribution is 0.0614. The van der Waals surface area contributed by atoms with Gasteiger partial charge >= 0.3 is 0 Å². The van der Waals surface area contributed by atoms with Crippen molar-refractivity contribution in [1.82, 2.24) is 19.7 Å². The van der Waals surface area contributed by atoms with Gasteiger partial charge in [-0.2, -0.15) is 0 Å². The average Bonchev–Trinajstić information content (AvgIpc) is 3.27. The van der Waals surface area contributed by atoms with Crippen molar-refractivity contribution in [3.63, 3.8) is 0 Å². The van der Waals surface area contributed by atoms with E-state index in [0.717, 1.165) is 26.2 Å². The first-order chi connectivity index (χ1) is 15.1. The number of benzene rings is 1. The molecule has 0 atom stereocenters. The minimum absolute atomic E-state index is 0.0498. The molecule has 0 aliphatic carbocycles. The zero-order chi connectivity index (χ0) is 21.6. The highest BCUT2D eigenvalue weighted by Crippen LogP contribution is 2.19. The van der Waals surface area contributed by atoms with E-state index in [9.17, 15) is 14.0 Å². The van der Waals surface area contributed by atoms with Crippen LogP contribution in [0.2, 0.25) is 0 Å². The summed E-state index contributed by atoms with van der Waals surface area (Å²) in [5, 5.41) is 4.51. The summed E-state index contributed by atoms with van der Waals surface area (Å²) in [6.45, 7) is 7.63. The van der Waals surface area contributed by atoms with Crippen LogP contribution in [-0.4, -0.2) is 83.9 Å². The van der Waals surface area contributed by atoms with E-state index in [-0.39, 0.29) is 16.6 Å². The van der Waals surface area contributed by atoms with Crippen LogP contribution in [0.1, 0.15) is 40.1 Å². The quantitative estimate of drug-likeness (QED) is 0.741. The van der Waals surface area contributed by atoms with Gasteiger partial charge < -0.3 is 9.80 Å². The molecule has 2 saturated heterocycles. The molecule has 2 aliphatic heterocycles. The van der Waals surface area contributed by atoms with Crippen LogP contribution in [0.5, 0.6) is 0 Å². The van der Waals surface area contributed by atoms with E-state index in [1.54, 1.807) is 11.4 Å². The molecule has 0 saturated carbocycles. The molecule has 166 valence electrons. The van der Waals surface area contributed by atoms with Gasteiger partial charge in [0.15, 0.2) is 5.13 Å². The van der Waals surface area contributed by atoms with Crippen LogP contribution >= 0.6 is 11.3 Å². The van der Waals surface area contributed by atoms with Crippen LogP contribution in [0.3, 0.4) is 0 Å². The Balaban J connectivity index is 1.25. The second-order valence-electron chi connectivity index (χ2n) is 8.01. The Morgan fingerprint density at radius 3 is 2.35 bits per heavy atom. The molecule has 2 aromatic rings. The number of nitrogens with one attached hydrogen (secondary N) is 1. The molecule has 1 aromatic heterocycles. The van der Waals surface area contributed by atoms with Crippen molar-refractivity contribution in [3.05, 3.63) is 46.7 Å². The Morgan fingerprint density at radius 1 is 0.968 bits per heavy atom. The van der Waals surface area contributed by atoms with Crippen LogP contribution in [0.15, 0.2) is 29.6 Å². The lowest BCUT2D eigenvalue weighted by Gasteiger charge is -2.36. The van der Waals surface area contributed by atoms with E-state index < -0.39 is 11.7 Å². The lowest BCUT2D eigenvalue weighted by atomic mass is 10.1. The van der Waals surface area contributed by atoms with Crippen molar-refractivity contribution in [2.24, 2.45) is 0 Å². The van der Waals surface area contributed by atoms with E-state index in [0.29, 0.717) is 18.8 Å². The van der Waals surface area contributed by atoms with Crippen molar-refractivity contribution < 1.29 is 14.0 Å². The first kappa shape index (κ1) is 21.9. The average molecular weight is 446 g/mol. The van der Waals surface area contributed by atoms with Gasteiger partial charge in [-0.25, -0.2) is 9.37 Å². The summed E-state index contributed by atoms with van der Waals surface area (Å²) in [6.07, 6.45) is 3.96. The van der Waals surface area contributed by atoms with E-state index in [4.69, 9.17) is 0 Å². The van der Waals surface area contributed by atoms with Crippen molar-refractivity contribution in [2.45, 2.75) is 19.3 Å². The van der Waals surface area contributed by atoms with Crippen LogP contribution in [0.25, 0.3) is 0 Å². The molecule has 0 radical (unpaired) electrons. The second-order valence-corrected chi connectivity index (χ2v) is 8.87. The first-order valence-corrected chi connectivity index (χ1v) is 11.7. The normalized spacial score (nSPS) is 18.2. The molecule has 2 amide bonds. The third kappa shape index (κ3) is 5.66. The van der Waals surface area contributed by atoms with E-state index in [1.165, 1.54) is 61.9 Å². The topological polar surface area (TPSA) is 68.8 Å². The number of rotatable bonds is 6. The smallest absolute Gasteiger partial charge is 0.273 e. The highest BCUT2D eigenvalue weighted by molar-refractivity contribution is 7.14. The Kier molecular flexibility index (Phi) is 7.26. The number of halogens is 1. The molecular weight excluding hydrogens is 417 g/mol. The molecule has 0 bridgehead atoms. The summed E-state index contributed by atoms with van der Waals surface area (Å²) >= 11 is 1.17. The molecular formula is C22H28FN5O2S. The SMILES string of the molecule is O=C(Nc1nc(C(=O)N2CCN(CCN3CCCCC3)CC2)cs1)c1ccccc1F. The van der Waals surface area contributed by atoms with Gasteiger partial charge in [-0.05, 0) is 38.1 Å². The van der Waals surface area contributed by atoms with Crippen LogP contribution in [0, 0.1) is 5.82 Å². The third-order valence-corrected chi connectivity index (χ3v) is 6.66. The Morgan fingerprint density at radius 2 is 1.65 bits per heavy atom. The van der Waals surface area contributed by atoms with Crippen molar-refractivity contribution >= 4 is 28.3 Å². The molecule has 9 heteroatoms. The molecule has 2 fully saturated rings. The number of thiazole rings is 1. The molecule has 4 rings (SSSR count). The number of piperidine rings is 1. The number of nitrogens with zero attached hydrogens (tertiary/aromatic N) is 4. The minimum Gasteiger partial charge on any atom is -0.335 e. The summed E-state index contributed by atoms with van der Waals surface area (Å²) in [5.74, 6) is -1.29. The number of anilines is 1. The van der Waals surface area contributed by atoms with Crippen molar-refractivity contribution in [1.29, 1.82) is 0 Å². The number of aromatic nitrogens is 1. The third-order valence-electron chi connectivity index (χ3n) is 5.90. The zero-order valence-electron chi connectivity index (χ0n) is 17.6. The molecule has 3 heterocycles. The number of carbonyl (C=O) groups is 2. The zero-order valence-corrected chi connectivity index (χ0v) is 18.4. The van der Waals surface area contributed by atoms with E-state index >= 15 is 0 Å². The molecule has 0 unspecified atom stereocenters. The van der Waals surface area contributed by atoms with Gasteiger partial charge in [-0.3, -0.25) is 19.8 Å². The Bertz CT molecular complexity index is 907. The highest BCUT2D eigenvalue weighted by Gasteiger charge is 2.24. The molecule has 31 heavy (non-hydrogen) atoms. The van der Waals surface area contributed by atoms with Crippen LogP contribution in [-0.2, 0) is 0 Å². The van der Waals surface area contributed by atoms with E-state index in [1.807, 2.05) is 4.90 Å². The number of hydrogen-bond donors (Lipinski definition) is 1. The summed E-state index contributed by atoms with van der Waals surface area (Å²) in [5.41, 5.74) is 0.266. The number of hydrogen-bond acceptors (Lipinski definition) is 6. The van der Waals surface area contributed by atoms with E-state index in [2.05, 4.69) is 20.1 Å². The maximum absolute atomic E-state index is 13.8. The fourth-order valence-electron chi connectivity index (χ4n) is 4.04. The number of carbonyl (C=O) groups excluding carboxylic acids is 2. The fourth-order valence-corrected chi connectivity index (χ4v) is 4.72. The molecule has 0 spiro atoms. The highest BCUT2D eigenvalue weighted by atomic mass is 32.1. The molecule has 1 aromatic carbocycles. The molecule has 1 N–H and O–H groups in total. The second kappa shape index (κ2) is 10.3. The van der Waals surface area contributed by atoms with Gasteiger partial charge in [-0.1, -0.05) is 18.6 Å². The molecule has 7 nitrogen and oxygen atoms in total. The number of piperazine rings is 1. The predicted octanol–water partition coefficient (Wildman–Crippen LogP) is 2.78. The Labute approximate surface area is 185 Å². The van der Waals surface area contributed by atoms with Gasteiger partial charge in [-0.15, -0.1) is 11.3 Å². The van der Waals surface area contributed by atoms with Gasteiger partial charge in [0, 0.05) is 44.6 Å². The van der Waals surface area contributed by atoms with Crippen molar-refractivity contribution in [3.8, 4) is 0 Å². The fraction of sp³-hybridized carbons (Fsp3) is 0.500. The number of amides is 2. The summed E-state index contributed by atoms with van der Waals surface area (Å²) < 4.78 is 13.8. The Hall–Kier alpha value is -2.36. The minimum atomic E-state index is -0.592. The predicted molar refractivity (Wildman–Crippen MR) is 119 cm³/mol. The number of likely N-dealkylation sites (tertiary alicyclic amines) is 1. The molecule has 2 aliphatic rings. The standard InChI is InChI=1S/C22H28FN5O2S/c23-18-7-3-2-6-17(18)20(29)25-22-24-19(16-31-22)21(30)28-14-12-27(13-15-28)11-10-26-8-4-1-5-9-26/h2-3,6-7,16H,1,4-5,8-15H2,(H,24,25,29). The first-order valence-electron chi connectivity index (χ1n) is 10.9. The van der Waals surface area contributed by atoms with Gasteiger partial charge in [0.05, 0.1) is 5.56 Å². The van der Waals surface area contributed by atoms with Crippen molar-refractivity contribution in [2.75, 3.05) is 57.7 Å².